The summed E-state index contributed by atoms with van der Waals surface area (Å²) >= 11 is 6.54. The van der Waals surface area contributed by atoms with Crippen LogP contribution in [0, 0.1) is 0 Å². The number of ether oxygens (including phenoxy) is 2. The second-order valence-corrected chi connectivity index (χ2v) is 6.61. The molecule has 0 spiro atoms. The fraction of sp³-hybridized carbons (Fsp3) is 0.238. The van der Waals surface area contributed by atoms with Crippen LogP contribution in [0.5, 0.6) is 5.75 Å². The largest absolute Gasteiger partial charge is 0.479 e. The number of fused-ring (bicyclic) bond motifs is 1. The molecule has 2 aromatic carbocycles. The molecular formula is C21H21ClN2O4. The number of rotatable bonds is 6. The molecule has 1 aromatic heterocycles. The van der Waals surface area contributed by atoms with Gasteiger partial charge in [-0.15, -0.1) is 0 Å². The van der Waals surface area contributed by atoms with Crippen molar-refractivity contribution in [1.82, 2.24) is 4.98 Å². The summed E-state index contributed by atoms with van der Waals surface area (Å²) in [5, 5.41) is 1.70. The first kappa shape index (κ1) is 19.8. The van der Waals surface area contributed by atoms with Crippen LogP contribution < -0.4 is 15.2 Å². The number of carbonyl (C=O) groups excluding carboxylic acids is 1. The third-order valence-electron chi connectivity index (χ3n) is 4.34. The standard InChI is InChI=1S/C21H21ClN2O4/c1-4-27-21(26)13(2)28-15-11-9-14(10-12-15)24(3)19-18(22)16-7-5-6-8-17(16)20(25)23-19/h5-13H,4H2,1-3H3,(H,23,25). The van der Waals surface area contributed by atoms with Crippen LogP contribution in [0.4, 0.5) is 11.5 Å². The van der Waals surface area contributed by atoms with Crippen molar-refractivity contribution in [2.45, 2.75) is 20.0 Å². The normalized spacial score (nSPS) is 11.9. The van der Waals surface area contributed by atoms with Crippen molar-refractivity contribution >= 4 is 39.8 Å². The Kier molecular flexibility index (Phi) is 5.90. The molecule has 0 amide bonds. The number of carbonyl (C=O) groups is 1. The molecule has 0 aliphatic carbocycles. The Morgan fingerprint density at radius 1 is 1.14 bits per heavy atom. The molecule has 0 bridgehead atoms. The lowest BCUT2D eigenvalue weighted by Gasteiger charge is -2.21. The Labute approximate surface area is 167 Å². The number of anilines is 2. The molecule has 146 valence electrons. The van der Waals surface area contributed by atoms with Gasteiger partial charge in [0.25, 0.3) is 5.56 Å². The first-order chi connectivity index (χ1) is 13.4. The van der Waals surface area contributed by atoms with Gasteiger partial charge < -0.3 is 19.4 Å². The number of H-pyrrole nitrogens is 1. The summed E-state index contributed by atoms with van der Waals surface area (Å²) in [4.78, 5) is 28.7. The minimum Gasteiger partial charge on any atom is -0.479 e. The molecule has 0 saturated carbocycles. The fourth-order valence-electron chi connectivity index (χ4n) is 2.85. The molecule has 1 heterocycles. The molecule has 0 saturated heterocycles. The highest BCUT2D eigenvalue weighted by Crippen LogP contribution is 2.33. The zero-order chi connectivity index (χ0) is 20.3. The van der Waals surface area contributed by atoms with E-state index >= 15 is 0 Å². The van der Waals surface area contributed by atoms with E-state index in [0.29, 0.717) is 34.0 Å². The fourth-order valence-corrected chi connectivity index (χ4v) is 3.19. The number of halogens is 1. The van der Waals surface area contributed by atoms with E-state index in [1.807, 2.05) is 31.3 Å². The van der Waals surface area contributed by atoms with Crippen LogP contribution in [0.1, 0.15) is 13.8 Å². The van der Waals surface area contributed by atoms with Crippen LogP contribution in [-0.2, 0) is 9.53 Å². The smallest absolute Gasteiger partial charge is 0.347 e. The van der Waals surface area contributed by atoms with Gasteiger partial charge in [0, 0.05) is 23.5 Å². The second kappa shape index (κ2) is 8.35. The van der Waals surface area contributed by atoms with E-state index in [2.05, 4.69) is 4.98 Å². The number of hydrogen-bond acceptors (Lipinski definition) is 5. The summed E-state index contributed by atoms with van der Waals surface area (Å²) in [6, 6.07) is 14.3. The van der Waals surface area contributed by atoms with E-state index in [4.69, 9.17) is 21.1 Å². The third kappa shape index (κ3) is 3.97. The van der Waals surface area contributed by atoms with Crippen LogP contribution in [0.15, 0.2) is 53.3 Å². The Bertz CT molecular complexity index is 1050. The van der Waals surface area contributed by atoms with Gasteiger partial charge in [-0.25, -0.2) is 4.79 Å². The molecule has 1 atom stereocenters. The molecule has 0 aliphatic rings. The van der Waals surface area contributed by atoms with Crippen molar-refractivity contribution in [3.05, 3.63) is 63.9 Å². The Balaban J connectivity index is 1.85. The molecule has 1 N–H and O–H groups in total. The van der Waals surface area contributed by atoms with Gasteiger partial charge in [0.2, 0.25) is 0 Å². The molecule has 7 heteroatoms. The van der Waals surface area contributed by atoms with Crippen LogP contribution in [0.2, 0.25) is 5.02 Å². The summed E-state index contributed by atoms with van der Waals surface area (Å²) in [5.41, 5.74) is 0.592. The summed E-state index contributed by atoms with van der Waals surface area (Å²) in [7, 11) is 1.81. The van der Waals surface area contributed by atoms with Gasteiger partial charge in [-0.05, 0) is 44.2 Å². The van der Waals surface area contributed by atoms with Gasteiger partial charge in [-0.1, -0.05) is 29.8 Å². The second-order valence-electron chi connectivity index (χ2n) is 6.23. The number of nitrogens with one attached hydrogen (secondary N) is 1. The zero-order valence-electron chi connectivity index (χ0n) is 15.9. The maximum Gasteiger partial charge on any atom is 0.347 e. The van der Waals surface area contributed by atoms with Crippen molar-refractivity contribution in [3.63, 3.8) is 0 Å². The van der Waals surface area contributed by atoms with E-state index in [0.717, 1.165) is 5.69 Å². The molecule has 6 nitrogen and oxygen atoms in total. The molecule has 1 unspecified atom stereocenters. The molecule has 0 aliphatic heterocycles. The lowest BCUT2D eigenvalue weighted by Crippen LogP contribution is -2.26. The predicted octanol–water partition coefficient (Wildman–Crippen LogP) is 4.28. The van der Waals surface area contributed by atoms with Gasteiger partial charge in [0.15, 0.2) is 6.10 Å². The van der Waals surface area contributed by atoms with E-state index < -0.39 is 12.1 Å². The maximum atomic E-state index is 12.4. The van der Waals surface area contributed by atoms with Crippen molar-refractivity contribution in [2.24, 2.45) is 0 Å². The summed E-state index contributed by atoms with van der Waals surface area (Å²) in [6.07, 6.45) is -0.699. The summed E-state index contributed by atoms with van der Waals surface area (Å²) < 4.78 is 10.5. The van der Waals surface area contributed by atoms with E-state index in [9.17, 15) is 9.59 Å². The number of benzene rings is 2. The lowest BCUT2D eigenvalue weighted by molar-refractivity contribution is -0.150. The van der Waals surface area contributed by atoms with Gasteiger partial charge in [0.1, 0.15) is 11.6 Å². The number of esters is 1. The Hall–Kier alpha value is -2.99. The lowest BCUT2D eigenvalue weighted by atomic mass is 10.1. The monoisotopic (exact) mass is 400 g/mol. The number of pyridine rings is 1. The number of aromatic amines is 1. The highest BCUT2D eigenvalue weighted by molar-refractivity contribution is 6.38. The Morgan fingerprint density at radius 3 is 2.43 bits per heavy atom. The minimum atomic E-state index is -0.699. The average Bonchev–Trinajstić information content (AvgIpc) is 2.71. The topological polar surface area (TPSA) is 71.6 Å². The number of aromatic nitrogens is 1. The summed E-state index contributed by atoms with van der Waals surface area (Å²) in [5.74, 6) is 0.624. The van der Waals surface area contributed by atoms with E-state index in [-0.39, 0.29) is 5.56 Å². The first-order valence-electron chi connectivity index (χ1n) is 8.90. The molecule has 3 rings (SSSR count). The molecule has 28 heavy (non-hydrogen) atoms. The first-order valence-corrected chi connectivity index (χ1v) is 9.27. The van der Waals surface area contributed by atoms with Gasteiger partial charge in [-0.2, -0.15) is 0 Å². The highest BCUT2D eigenvalue weighted by Gasteiger charge is 2.17. The van der Waals surface area contributed by atoms with Crippen molar-refractivity contribution in [3.8, 4) is 5.75 Å². The van der Waals surface area contributed by atoms with Crippen molar-refractivity contribution in [2.75, 3.05) is 18.6 Å². The third-order valence-corrected chi connectivity index (χ3v) is 4.72. The van der Waals surface area contributed by atoms with E-state index in [1.165, 1.54) is 0 Å². The van der Waals surface area contributed by atoms with Crippen LogP contribution in [0.25, 0.3) is 10.8 Å². The molecule has 0 fully saturated rings. The highest BCUT2D eigenvalue weighted by atomic mass is 35.5. The predicted molar refractivity (Wildman–Crippen MR) is 111 cm³/mol. The van der Waals surface area contributed by atoms with Crippen LogP contribution >= 0.6 is 11.6 Å². The minimum absolute atomic E-state index is 0.204. The SMILES string of the molecule is CCOC(=O)C(C)Oc1ccc(N(C)c2[nH]c(=O)c3ccccc3c2Cl)cc1. The average molecular weight is 401 g/mol. The Morgan fingerprint density at radius 2 is 1.79 bits per heavy atom. The van der Waals surface area contributed by atoms with Crippen LogP contribution in [-0.4, -0.2) is 30.7 Å². The van der Waals surface area contributed by atoms with E-state index in [1.54, 1.807) is 43.0 Å². The van der Waals surface area contributed by atoms with Gasteiger partial charge in [-0.3, -0.25) is 4.79 Å². The van der Waals surface area contributed by atoms with Gasteiger partial charge in [0.05, 0.1) is 11.6 Å². The number of hydrogen-bond donors (Lipinski definition) is 1. The summed E-state index contributed by atoms with van der Waals surface area (Å²) in [6.45, 7) is 3.69. The van der Waals surface area contributed by atoms with Gasteiger partial charge >= 0.3 is 5.97 Å². The zero-order valence-corrected chi connectivity index (χ0v) is 16.6. The van der Waals surface area contributed by atoms with Crippen molar-refractivity contribution in [1.29, 1.82) is 0 Å². The van der Waals surface area contributed by atoms with Crippen molar-refractivity contribution < 1.29 is 14.3 Å². The quantitative estimate of drug-likeness (QED) is 0.625. The molecule has 3 aromatic rings. The van der Waals surface area contributed by atoms with Crippen LogP contribution in [0.3, 0.4) is 0 Å². The molecule has 0 radical (unpaired) electrons. The number of nitrogens with zero attached hydrogens (tertiary/aromatic N) is 1. The molecular weight excluding hydrogens is 380 g/mol. The maximum absolute atomic E-state index is 12.4.